The Kier molecular flexibility index (Phi) is 12.5. The molecule has 0 radical (unpaired) electrons. The predicted octanol–water partition coefficient (Wildman–Crippen LogP) is -3.49. The van der Waals surface area contributed by atoms with Crippen LogP contribution in [0.15, 0.2) is 110 Å². The molecule has 0 unspecified atom stereocenters. The van der Waals surface area contributed by atoms with Crippen molar-refractivity contribution in [1.82, 2.24) is 9.97 Å². The van der Waals surface area contributed by atoms with Gasteiger partial charge in [-0.2, -0.15) is 9.13 Å². The first-order chi connectivity index (χ1) is 14.7. The third kappa shape index (κ3) is 8.95. The SMILES string of the molecule is O=C(C[n+]1ccccc1)c1ccccn1.O=C(C[n+]1ccccc1)c1ccccn1.[Br-].[Br-]. The number of carbonyl (C=O) groups is 2. The normalized spacial score (nSPS) is 9.25. The smallest absolute Gasteiger partial charge is 0.245 e. The molecule has 0 N–H and O–H groups in total. The molecule has 4 aromatic rings. The van der Waals surface area contributed by atoms with Crippen LogP contribution in [-0.4, -0.2) is 21.5 Å². The molecular weight excluding hydrogens is 536 g/mol. The molecule has 4 aromatic heterocycles. The summed E-state index contributed by atoms with van der Waals surface area (Å²) in [6.45, 7) is 0.662. The summed E-state index contributed by atoms with van der Waals surface area (Å²) in [6, 6.07) is 22.1. The van der Waals surface area contributed by atoms with Gasteiger partial charge in [-0.1, -0.05) is 24.3 Å². The van der Waals surface area contributed by atoms with E-state index in [-0.39, 0.29) is 45.5 Å². The molecule has 0 saturated heterocycles. The molecule has 6 nitrogen and oxygen atoms in total. The third-order valence-corrected chi connectivity index (χ3v) is 4.11. The van der Waals surface area contributed by atoms with Gasteiger partial charge >= 0.3 is 0 Å². The number of nitrogens with zero attached hydrogens (tertiary/aromatic N) is 4. The topological polar surface area (TPSA) is 67.7 Å². The fourth-order valence-electron chi connectivity index (χ4n) is 2.63. The largest absolute Gasteiger partial charge is 1.00 e. The first-order valence-electron chi connectivity index (χ1n) is 9.49. The predicted molar refractivity (Wildman–Crippen MR) is 110 cm³/mol. The lowest BCUT2D eigenvalue weighted by Crippen LogP contribution is -3.00. The van der Waals surface area contributed by atoms with E-state index in [2.05, 4.69) is 9.97 Å². The molecule has 0 aliphatic carbocycles. The fraction of sp³-hybridized carbons (Fsp3) is 0.0833. The van der Waals surface area contributed by atoms with E-state index in [1.54, 1.807) is 36.7 Å². The Balaban J connectivity index is 0.000000301. The van der Waals surface area contributed by atoms with E-state index in [0.717, 1.165) is 0 Å². The van der Waals surface area contributed by atoms with Crippen molar-refractivity contribution in [2.24, 2.45) is 0 Å². The van der Waals surface area contributed by atoms with Gasteiger partial charge in [0.05, 0.1) is 0 Å². The zero-order valence-electron chi connectivity index (χ0n) is 17.2. The van der Waals surface area contributed by atoms with E-state index in [9.17, 15) is 9.59 Å². The Bertz CT molecular complexity index is 979. The number of aromatic nitrogens is 4. The van der Waals surface area contributed by atoms with Crippen molar-refractivity contribution < 1.29 is 52.7 Å². The fourth-order valence-corrected chi connectivity index (χ4v) is 2.63. The van der Waals surface area contributed by atoms with Crippen LogP contribution in [0.4, 0.5) is 0 Å². The molecule has 0 aromatic carbocycles. The molecule has 0 atom stereocenters. The lowest BCUT2D eigenvalue weighted by atomic mass is 10.2. The molecule has 0 bridgehead atoms. The molecule has 32 heavy (non-hydrogen) atoms. The van der Waals surface area contributed by atoms with Crippen molar-refractivity contribution in [1.29, 1.82) is 0 Å². The van der Waals surface area contributed by atoms with Crippen LogP contribution in [0.5, 0.6) is 0 Å². The number of Topliss-reactive ketones (excluding diaryl/α,β-unsaturated/α-hetero) is 2. The monoisotopic (exact) mass is 556 g/mol. The van der Waals surface area contributed by atoms with Gasteiger partial charge in [0.25, 0.3) is 0 Å². The first kappa shape index (κ1) is 26.9. The van der Waals surface area contributed by atoms with Gasteiger partial charge in [-0.05, 0) is 24.3 Å². The van der Waals surface area contributed by atoms with Crippen LogP contribution in [0, 0.1) is 0 Å². The summed E-state index contributed by atoms with van der Waals surface area (Å²) in [4.78, 5) is 31.5. The van der Waals surface area contributed by atoms with E-state index in [1.807, 2.05) is 82.5 Å². The highest BCUT2D eigenvalue weighted by atomic mass is 79.9. The van der Waals surface area contributed by atoms with Crippen LogP contribution in [0.1, 0.15) is 21.0 Å². The van der Waals surface area contributed by atoms with Gasteiger partial charge in [0.15, 0.2) is 24.8 Å². The molecule has 0 spiro atoms. The minimum Gasteiger partial charge on any atom is -1.00 e. The average molecular weight is 558 g/mol. The van der Waals surface area contributed by atoms with E-state index in [0.29, 0.717) is 24.5 Å². The maximum atomic E-state index is 11.7. The van der Waals surface area contributed by atoms with Gasteiger partial charge in [0, 0.05) is 36.7 Å². The van der Waals surface area contributed by atoms with Gasteiger partial charge in [-0.15, -0.1) is 0 Å². The molecule has 4 rings (SSSR count). The quantitative estimate of drug-likeness (QED) is 0.182. The second-order valence-electron chi connectivity index (χ2n) is 6.37. The Morgan fingerprint density at radius 3 is 1.25 bits per heavy atom. The average Bonchev–Trinajstić information content (AvgIpc) is 2.82. The standard InChI is InChI=1S/2C12H11N2O.2BrH/c2*15-12(11-6-2-3-7-13-11)10-14-8-4-1-5-9-14;;/h2*1-9H,10H2;2*1H/q2*+1;;/p-2. The molecule has 0 aliphatic rings. The molecule has 4 heterocycles. The summed E-state index contributed by atoms with van der Waals surface area (Å²) in [5.41, 5.74) is 1.02. The number of pyridine rings is 4. The summed E-state index contributed by atoms with van der Waals surface area (Å²) < 4.78 is 3.66. The van der Waals surface area contributed by atoms with E-state index in [1.165, 1.54) is 0 Å². The van der Waals surface area contributed by atoms with E-state index in [4.69, 9.17) is 0 Å². The van der Waals surface area contributed by atoms with Crippen molar-refractivity contribution in [3.05, 3.63) is 121 Å². The molecule has 0 aliphatic heterocycles. The highest BCUT2D eigenvalue weighted by molar-refractivity contribution is 5.93. The van der Waals surface area contributed by atoms with Gasteiger partial charge in [-0.3, -0.25) is 19.6 Å². The summed E-state index contributed by atoms with van der Waals surface area (Å²) in [7, 11) is 0. The number of hydrogen-bond acceptors (Lipinski definition) is 4. The number of rotatable bonds is 6. The van der Waals surface area contributed by atoms with E-state index >= 15 is 0 Å². The Morgan fingerprint density at radius 1 is 0.562 bits per heavy atom. The van der Waals surface area contributed by atoms with Gasteiger partial charge in [0.1, 0.15) is 11.4 Å². The number of carbonyl (C=O) groups excluding carboxylic acids is 2. The zero-order chi connectivity index (χ0) is 21.0. The van der Waals surface area contributed by atoms with Crippen molar-refractivity contribution >= 4 is 11.6 Å². The number of halogens is 2. The lowest BCUT2D eigenvalue weighted by Gasteiger charge is -1.95. The Hall–Kier alpha value is -3.10. The second kappa shape index (κ2) is 14.8. The highest BCUT2D eigenvalue weighted by Crippen LogP contribution is 1.96. The second-order valence-corrected chi connectivity index (χ2v) is 6.37. The van der Waals surface area contributed by atoms with Crippen LogP contribution in [0.2, 0.25) is 0 Å². The highest BCUT2D eigenvalue weighted by Gasteiger charge is 2.12. The molecule has 0 fully saturated rings. The maximum Gasteiger partial charge on any atom is 0.245 e. The van der Waals surface area contributed by atoms with Crippen molar-refractivity contribution in [2.45, 2.75) is 13.1 Å². The first-order valence-corrected chi connectivity index (χ1v) is 9.49. The van der Waals surface area contributed by atoms with Gasteiger partial charge < -0.3 is 34.0 Å². The van der Waals surface area contributed by atoms with E-state index < -0.39 is 0 Å². The Morgan fingerprint density at radius 2 is 0.938 bits per heavy atom. The Labute approximate surface area is 208 Å². The third-order valence-electron chi connectivity index (χ3n) is 4.11. The minimum atomic E-state index is 0. The summed E-state index contributed by atoms with van der Waals surface area (Å²) >= 11 is 0. The summed E-state index contributed by atoms with van der Waals surface area (Å²) in [5.74, 6) is 0.0404. The van der Waals surface area contributed by atoms with Crippen molar-refractivity contribution in [3.63, 3.8) is 0 Å². The molecular formula is C24H22Br2N4O2. The molecule has 8 heteroatoms. The van der Waals surface area contributed by atoms with Crippen LogP contribution >= 0.6 is 0 Å². The van der Waals surface area contributed by atoms with Crippen LogP contribution in [0.25, 0.3) is 0 Å². The molecule has 164 valence electrons. The summed E-state index contributed by atoms with van der Waals surface area (Å²) in [6.07, 6.45) is 10.7. The van der Waals surface area contributed by atoms with Crippen LogP contribution < -0.4 is 43.1 Å². The van der Waals surface area contributed by atoms with Crippen LogP contribution in [-0.2, 0) is 13.1 Å². The van der Waals surface area contributed by atoms with Crippen molar-refractivity contribution in [3.8, 4) is 0 Å². The number of hydrogen-bond donors (Lipinski definition) is 0. The lowest BCUT2D eigenvalue weighted by molar-refractivity contribution is -0.683. The van der Waals surface area contributed by atoms with Crippen LogP contribution in [0.3, 0.4) is 0 Å². The summed E-state index contributed by atoms with van der Waals surface area (Å²) in [5, 5.41) is 0. The minimum absolute atomic E-state index is 0. The molecule has 0 amide bonds. The molecule has 0 saturated carbocycles. The van der Waals surface area contributed by atoms with Gasteiger partial charge in [-0.25, -0.2) is 0 Å². The van der Waals surface area contributed by atoms with Crippen molar-refractivity contribution in [2.75, 3.05) is 0 Å². The van der Waals surface area contributed by atoms with Gasteiger partial charge in [0.2, 0.25) is 24.7 Å². The zero-order valence-corrected chi connectivity index (χ0v) is 20.3. The number of ketones is 2. The maximum absolute atomic E-state index is 11.7.